The zero-order valence-electron chi connectivity index (χ0n) is 12.2. The van der Waals surface area contributed by atoms with Gasteiger partial charge in [0.05, 0.1) is 6.61 Å². The molecule has 0 bridgehead atoms. The van der Waals surface area contributed by atoms with Crippen molar-refractivity contribution in [2.45, 2.75) is 32.3 Å². The van der Waals surface area contributed by atoms with Crippen LogP contribution >= 0.6 is 0 Å². The molecule has 1 aromatic heterocycles. The predicted molar refractivity (Wildman–Crippen MR) is 74.5 cm³/mol. The predicted octanol–water partition coefficient (Wildman–Crippen LogP) is 0.551. The van der Waals surface area contributed by atoms with Crippen molar-refractivity contribution in [2.75, 3.05) is 24.6 Å². The highest BCUT2D eigenvalue weighted by Gasteiger charge is 2.41. The molecule has 112 valence electrons. The number of ether oxygens (including phenoxy) is 1. The monoisotopic (exact) mass is 290 g/mol. The standard InChI is InChI=1S/C14H18N4O3/c1-3-21-12(19)14(20)4-6-18(7-5-14)13-16-10(2)8-11(9-15)17-13/h8,20H,3-7H2,1-2H3. The van der Waals surface area contributed by atoms with Crippen LogP contribution < -0.4 is 4.90 Å². The van der Waals surface area contributed by atoms with Crippen LogP contribution in [0.4, 0.5) is 5.95 Å². The number of aryl methyl sites for hydroxylation is 1. The van der Waals surface area contributed by atoms with E-state index in [0.717, 1.165) is 0 Å². The van der Waals surface area contributed by atoms with E-state index in [1.807, 2.05) is 11.0 Å². The average molecular weight is 290 g/mol. The van der Waals surface area contributed by atoms with Crippen LogP contribution in [0, 0.1) is 18.3 Å². The maximum absolute atomic E-state index is 11.8. The van der Waals surface area contributed by atoms with Crippen molar-refractivity contribution in [1.29, 1.82) is 5.26 Å². The number of rotatable bonds is 3. The molecule has 0 aromatic carbocycles. The number of esters is 1. The quantitative estimate of drug-likeness (QED) is 0.811. The van der Waals surface area contributed by atoms with Crippen molar-refractivity contribution in [3.05, 3.63) is 17.5 Å². The van der Waals surface area contributed by atoms with Gasteiger partial charge < -0.3 is 14.7 Å². The second-order valence-corrected chi connectivity index (χ2v) is 5.05. The van der Waals surface area contributed by atoms with E-state index in [4.69, 9.17) is 10.00 Å². The molecular weight excluding hydrogens is 272 g/mol. The summed E-state index contributed by atoms with van der Waals surface area (Å²) in [6, 6.07) is 3.61. The Morgan fingerprint density at radius 3 is 2.76 bits per heavy atom. The maximum Gasteiger partial charge on any atom is 0.338 e. The molecule has 0 spiro atoms. The van der Waals surface area contributed by atoms with Gasteiger partial charge in [0.2, 0.25) is 5.95 Å². The lowest BCUT2D eigenvalue weighted by Crippen LogP contribution is -2.50. The van der Waals surface area contributed by atoms with Crippen molar-refractivity contribution < 1.29 is 14.6 Å². The van der Waals surface area contributed by atoms with Gasteiger partial charge in [0.15, 0.2) is 5.60 Å². The molecular formula is C14H18N4O3. The van der Waals surface area contributed by atoms with Crippen LogP contribution in [0.25, 0.3) is 0 Å². The Hall–Kier alpha value is -2.20. The summed E-state index contributed by atoms with van der Waals surface area (Å²) in [5.41, 5.74) is -0.416. The van der Waals surface area contributed by atoms with E-state index in [2.05, 4.69) is 9.97 Å². The summed E-state index contributed by atoms with van der Waals surface area (Å²) < 4.78 is 4.90. The highest BCUT2D eigenvalue weighted by atomic mass is 16.5. The van der Waals surface area contributed by atoms with E-state index in [-0.39, 0.29) is 19.4 Å². The van der Waals surface area contributed by atoms with Gasteiger partial charge in [-0.3, -0.25) is 0 Å². The lowest BCUT2D eigenvalue weighted by molar-refractivity contribution is -0.167. The van der Waals surface area contributed by atoms with E-state index in [1.165, 1.54) is 0 Å². The minimum Gasteiger partial charge on any atom is -0.464 e. The van der Waals surface area contributed by atoms with Crippen LogP contribution in [0.5, 0.6) is 0 Å². The fraction of sp³-hybridized carbons (Fsp3) is 0.571. The van der Waals surface area contributed by atoms with Crippen molar-refractivity contribution >= 4 is 11.9 Å². The van der Waals surface area contributed by atoms with Gasteiger partial charge in [0.25, 0.3) is 0 Å². The van der Waals surface area contributed by atoms with Crippen LogP contribution in [-0.4, -0.2) is 46.3 Å². The first-order valence-electron chi connectivity index (χ1n) is 6.89. The minimum atomic E-state index is -1.44. The SMILES string of the molecule is CCOC(=O)C1(O)CCN(c2nc(C)cc(C#N)n2)CC1. The molecule has 2 rings (SSSR count). The smallest absolute Gasteiger partial charge is 0.338 e. The Kier molecular flexibility index (Phi) is 4.38. The number of aromatic nitrogens is 2. The summed E-state index contributed by atoms with van der Waals surface area (Å²) in [7, 11) is 0. The average Bonchev–Trinajstić information content (AvgIpc) is 2.47. The summed E-state index contributed by atoms with van der Waals surface area (Å²) in [5, 5.41) is 19.2. The zero-order valence-corrected chi connectivity index (χ0v) is 12.2. The third kappa shape index (κ3) is 3.28. The molecule has 1 saturated heterocycles. The molecule has 7 nitrogen and oxygen atoms in total. The number of carbonyl (C=O) groups excluding carboxylic acids is 1. The second kappa shape index (κ2) is 6.06. The first-order valence-corrected chi connectivity index (χ1v) is 6.89. The number of piperidine rings is 1. The number of hydrogen-bond donors (Lipinski definition) is 1. The fourth-order valence-electron chi connectivity index (χ4n) is 2.30. The molecule has 0 saturated carbocycles. The van der Waals surface area contributed by atoms with Gasteiger partial charge in [-0.2, -0.15) is 5.26 Å². The molecule has 0 atom stereocenters. The molecule has 0 amide bonds. The van der Waals surface area contributed by atoms with Crippen molar-refractivity contribution in [1.82, 2.24) is 9.97 Å². The number of nitrogens with zero attached hydrogens (tertiary/aromatic N) is 4. The van der Waals surface area contributed by atoms with E-state index >= 15 is 0 Å². The Balaban J connectivity index is 2.09. The number of carbonyl (C=O) groups is 1. The molecule has 0 radical (unpaired) electrons. The third-order valence-corrected chi connectivity index (χ3v) is 3.49. The van der Waals surface area contributed by atoms with E-state index in [1.54, 1.807) is 19.9 Å². The molecule has 1 fully saturated rings. The maximum atomic E-state index is 11.8. The third-order valence-electron chi connectivity index (χ3n) is 3.49. The van der Waals surface area contributed by atoms with Crippen molar-refractivity contribution in [3.8, 4) is 6.07 Å². The number of aliphatic hydroxyl groups is 1. The minimum absolute atomic E-state index is 0.247. The van der Waals surface area contributed by atoms with Crippen LogP contribution in [0.15, 0.2) is 6.07 Å². The van der Waals surface area contributed by atoms with Gasteiger partial charge in [0.1, 0.15) is 11.8 Å². The lowest BCUT2D eigenvalue weighted by atomic mass is 9.92. The molecule has 21 heavy (non-hydrogen) atoms. The van der Waals surface area contributed by atoms with Gasteiger partial charge >= 0.3 is 5.97 Å². The molecule has 1 aromatic rings. The van der Waals surface area contributed by atoms with Gasteiger partial charge in [-0.15, -0.1) is 0 Å². The molecule has 1 aliphatic heterocycles. The first-order chi connectivity index (χ1) is 9.98. The van der Waals surface area contributed by atoms with E-state index in [9.17, 15) is 9.90 Å². The molecule has 1 aliphatic rings. The Bertz CT molecular complexity index is 574. The van der Waals surface area contributed by atoms with Crippen molar-refractivity contribution in [3.63, 3.8) is 0 Å². The fourth-order valence-corrected chi connectivity index (χ4v) is 2.30. The molecule has 7 heteroatoms. The van der Waals surface area contributed by atoms with Gasteiger partial charge in [-0.05, 0) is 19.9 Å². The zero-order chi connectivity index (χ0) is 15.5. The van der Waals surface area contributed by atoms with E-state index in [0.29, 0.717) is 30.4 Å². The van der Waals surface area contributed by atoms with Crippen LogP contribution in [0.1, 0.15) is 31.2 Å². The highest BCUT2D eigenvalue weighted by Crippen LogP contribution is 2.26. The molecule has 0 aliphatic carbocycles. The lowest BCUT2D eigenvalue weighted by Gasteiger charge is -2.36. The highest BCUT2D eigenvalue weighted by molar-refractivity contribution is 5.79. The molecule has 0 unspecified atom stereocenters. The van der Waals surface area contributed by atoms with Crippen LogP contribution in [0.3, 0.4) is 0 Å². The van der Waals surface area contributed by atoms with Crippen molar-refractivity contribution in [2.24, 2.45) is 0 Å². The number of anilines is 1. The largest absolute Gasteiger partial charge is 0.464 e. The Labute approximate surface area is 123 Å². The van der Waals surface area contributed by atoms with Crippen LogP contribution in [-0.2, 0) is 9.53 Å². The second-order valence-electron chi connectivity index (χ2n) is 5.05. The van der Waals surface area contributed by atoms with Gasteiger partial charge in [-0.1, -0.05) is 0 Å². The van der Waals surface area contributed by atoms with Gasteiger partial charge in [0, 0.05) is 31.6 Å². The number of nitriles is 1. The summed E-state index contributed by atoms with van der Waals surface area (Å²) in [4.78, 5) is 22.1. The van der Waals surface area contributed by atoms with Crippen LogP contribution in [0.2, 0.25) is 0 Å². The summed E-state index contributed by atoms with van der Waals surface area (Å²) in [5.74, 6) is -0.120. The molecule has 1 N–H and O–H groups in total. The molecule has 2 heterocycles. The normalized spacial score (nSPS) is 17.1. The van der Waals surface area contributed by atoms with E-state index < -0.39 is 11.6 Å². The summed E-state index contributed by atoms with van der Waals surface area (Å²) in [6.07, 6.45) is 0.510. The Morgan fingerprint density at radius 1 is 1.52 bits per heavy atom. The first kappa shape index (κ1) is 15.2. The topological polar surface area (TPSA) is 99.3 Å². The summed E-state index contributed by atoms with van der Waals surface area (Å²) in [6.45, 7) is 4.62. The Morgan fingerprint density at radius 2 is 2.19 bits per heavy atom. The van der Waals surface area contributed by atoms with Gasteiger partial charge in [-0.25, -0.2) is 14.8 Å². The summed E-state index contributed by atoms with van der Waals surface area (Å²) >= 11 is 0. The number of hydrogen-bond acceptors (Lipinski definition) is 7.